The fraction of sp³-hybridized carbons (Fsp3) is 0.500. The average Bonchev–Trinajstić information content (AvgIpc) is 2.25. The van der Waals surface area contributed by atoms with Gasteiger partial charge in [0.25, 0.3) is 0 Å². The number of nitrogens with one attached hydrogen (secondary N) is 1. The third kappa shape index (κ3) is 4.16. The molecule has 0 spiro atoms. The van der Waals surface area contributed by atoms with E-state index in [1.165, 1.54) is 6.07 Å². The summed E-state index contributed by atoms with van der Waals surface area (Å²) in [5.41, 5.74) is 1.28. The van der Waals surface area contributed by atoms with Crippen LogP contribution in [-0.4, -0.2) is 31.0 Å². The summed E-state index contributed by atoms with van der Waals surface area (Å²) < 4.78 is 18.4. The van der Waals surface area contributed by atoms with E-state index in [0.29, 0.717) is 12.3 Å². The molecule has 0 bridgehead atoms. The van der Waals surface area contributed by atoms with Crippen molar-refractivity contribution in [3.63, 3.8) is 0 Å². The van der Waals surface area contributed by atoms with Crippen molar-refractivity contribution < 1.29 is 14.2 Å². The molecule has 3 nitrogen and oxygen atoms in total. The molecule has 0 amide bonds. The van der Waals surface area contributed by atoms with Gasteiger partial charge < -0.3 is 15.2 Å². The maximum absolute atomic E-state index is 13.4. The molecule has 0 aromatic heterocycles. The third-order valence-corrected chi connectivity index (χ3v) is 2.17. The molecule has 2 N–H and O–H groups in total. The highest BCUT2D eigenvalue weighted by atomic mass is 19.1. The first-order valence-corrected chi connectivity index (χ1v) is 5.39. The normalized spacial score (nSPS) is 12.5. The summed E-state index contributed by atoms with van der Waals surface area (Å²) in [4.78, 5) is 0. The second kappa shape index (κ2) is 6.45. The lowest BCUT2D eigenvalue weighted by Gasteiger charge is -2.13. The Kier molecular flexibility index (Phi) is 5.22. The highest BCUT2D eigenvalue weighted by Crippen LogP contribution is 2.14. The van der Waals surface area contributed by atoms with Crippen LogP contribution in [0, 0.1) is 12.7 Å². The van der Waals surface area contributed by atoms with E-state index in [1.807, 2.05) is 19.9 Å². The smallest absolute Gasteiger partial charge is 0.146 e. The Bertz CT molecular complexity index is 331. The molecule has 0 saturated heterocycles. The summed E-state index contributed by atoms with van der Waals surface area (Å²) in [5.74, 6) is -0.302. The average molecular weight is 227 g/mol. The lowest BCUT2D eigenvalue weighted by atomic mass is 10.2. The molecule has 0 radical (unpaired) electrons. The lowest BCUT2D eigenvalue weighted by molar-refractivity contribution is 0.0495. The summed E-state index contributed by atoms with van der Waals surface area (Å²) in [7, 11) is 0. The van der Waals surface area contributed by atoms with Crippen LogP contribution in [-0.2, 0) is 4.74 Å². The zero-order valence-corrected chi connectivity index (χ0v) is 9.66. The molecule has 0 saturated carbocycles. The van der Waals surface area contributed by atoms with Gasteiger partial charge in [-0.15, -0.1) is 0 Å². The molecular formula is C12H18FNO2. The van der Waals surface area contributed by atoms with Crippen molar-refractivity contribution in [3.05, 3.63) is 29.6 Å². The van der Waals surface area contributed by atoms with Gasteiger partial charge in [0, 0.05) is 13.2 Å². The fourth-order valence-corrected chi connectivity index (χ4v) is 1.30. The molecule has 90 valence electrons. The van der Waals surface area contributed by atoms with E-state index >= 15 is 0 Å². The molecule has 16 heavy (non-hydrogen) atoms. The second-order valence-electron chi connectivity index (χ2n) is 3.68. The van der Waals surface area contributed by atoms with E-state index in [4.69, 9.17) is 4.74 Å². The van der Waals surface area contributed by atoms with Crippen LogP contribution in [0.2, 0.25) is 0 Å². The number of anilines is 1. The number of aliphatic hydroxyl groups excluding tert-OH is 1. The SMILES string of the molecule is CCOCC(O)CNc1ccc(C)cc1F. The van der Waals surface area contributed by atoms with E-state index in [1.54, 1.807) is 6.07 Å². The molecule has 1 rings (SSSR count). The minimum atomic E-state index is -0.624. The lowest BCUT2D eigenvalue weighted by Crippen LogP contribution is -2.25. The van der Waals surface area contributed by atoms with Crippen LogP contribution in [0.1, 0.15) is 12.5 Å². The second-order valence-corrected chi connectivity index (χ2v) is 3.68. The van der Waals surface area contributed by atoms with Crippen molar-refractivity contribution in [2.45, 2.75) is 20.0 Å². The van der Waals surface area contributed by atoms with Crippen molar-refractivity contribution >= 4 is 5.69 Å². The number of benzene rings is 1. The molecule has 0 aliphatic heterocycles. The maximum atomic E-state index is 13.4. The number of aliphatic hydroxyl groups is 1. The summed E-state index contributed by atoms with van der Waals surface area (Å²) >= 11 is 0. The van der Waals surface area contributed by atoms with Crippen LogP contribution in [0.4, 0.5) is 10.1 Å². The van der Waals surface area contributed by atoms with Gasteiger partial charge in [0.1, 0.15) is 5.82 Å². The van der Waals surface area contributed by atoms with Crippen LogP contribution in [0.25, 0.3) is 0 Å². The van der Waals surface area contributed by atoms with Crippen LogP contribution in [0.5, 0.6) is 0 Å². The number of hydrogen-bond acceptors (Lipinski definition) is 3. The van der Waals surface area contributed by atoms with E-state index < -0.39 is 6.10 Å². The number of ether oxygens (including phenoxy) is 1. The van der Waals surface area contributed by atoms with Gasteiger partial charge in [-0.1, -0.05) is 6.07 Å². The third-order valence-electron chi connectivity index (χ3n) is 2.17. The first-order valence-electron chi connectivity index (χ1n) is 5.39. The quantitative estimate of drug-likeness (QED) is 0.780. The minimum Gasteiger partial charge on any atom is -0.389 e. The van der Waals surface area contributed by atoms with E-state index in [9.17, 15) is 9.50 Å². The van der Waals surface area contributed by atoms with Gasteiger partial charge in [0.05, 0.1) is 18.4 Å². The first kappa shape index (κ1) is 12.9. The largest absolute Gasteiger partial charge is 0.389 e. The van der Waals surface area contributed by atoms with Gasteiger partial charge >= 0.3 is 0 Å². The number of aryl methyl sites for hydroxylation is 1. The highest BCUT2D eigenvalue weighted by Gasteiger charge is 2.06. The zero-order chi connectivity index (χ0) is 12.0. The molecule has 0 fully saturated rings. The van der Waals surface area contributed by atoms with Crippen molar-refractivity contribution in [1.29, 1.82) is 0 Å². The fourth-order valence-electron chi connectivity index (χ4n) is 1.30. The van der Waals surface area contributed by atoms with E-state index in [0.717, 1.165) is 5.56 Å². The van der Waals surface area contributed by atoms with Gasteiger partial charge in [0.15, 0.2) is 0 Å². The Morgan fingerprint density at radius 1 is 1.50 bits per heavy atom. The van der Waals surface area contributed by atoms with Gasteiger partial charge in [-0.25, -0.2) is 4.39 Å². The predicted molar refractivity (Wildman–Crippen MR) is 62.1 cm³/mol. The molecule has 0 aliphatic rings. The molecular weight excluding hydrogens is 209 g/mol. The summed E-state index contributed by atoms with van der Waals surface area (Å²) in [6.07, 6.45) is -0.624. The number of rotatable bonds is 6. The molecule has 1 aromatic carbocycles. The van der Waals surface area contributed by atoms with Gasteiger partial charge in [0.2, 0.25) is 0 Å². The first-order chi connectivity index (χ1) is 7.63. The summed E-state index contributed by atoms with van der Waals surface area (Å²) in [6, 6.07) is 4.94. The predicted octanol–water partition coefficient (Wildman–Crippen LogP) is 1.94. The molecule has 1 aromatic rings. The number of hydrogen-bond donors (Lipinski definition) is 2. The van der Waals surface area contributed by atoms with Crippen molar-refractivity contribution in [2.75, 3.05) is 25.1 Å². The van der Waals surface area contributed by atoms with Gasteiger partial charge in [-0.3, -0.25) is 0 Å². The Hall–Kier alpha value is -1.13. The molecule has 1 atom stereocenters. The van der Waals surface area contributed by atoms with Crippen LogP contribution in [0.15, 0.2) is 18.2 Å². The molecule has 4 heteroatoms. The Labute approximate surface area is 95.2 Å². The van der Waals surface area contributed by atoms with Crippen LogP contribution >= 0.6 is 0 Å². The highest BCUT2D eigenvalue weighted by molar-refractivity contribution is 5.46. The summed E-state index contributed by atoms with van der Waals surface area (Å²) in [5, 5.41) is 12.3. The van der Waals surface area contributed by atoms with Crippen molar-refractivity contribution in [1.82, 2.24) is 0 Å². The number of halogens is 1. The van der Waals surface area contributed by atoms with E-state index in [2.05, 4.69) is 5.32 Å². The monoisotopic (exact) mass is 227 g/mol. The van der Waals surface area contributed by atoms with Crippen molar-refractivity contribution in [3.8, 4) is 0 Å². The summed E-state index contributed by atoms with van der Waals surface area (Å²) in [6.45, 7) is 4.80. The Balaban J connectivity index is 2.42. The van der Waals surface area contributed by atoms with Gasteiger partial charge in [-0.05, 0) is 31.5 Å². The zero-order valence-electron chi connectivity index (χ0n) is 9.66. The molecule has 0 heterocycles. The molecule has 0 aliphatic carbocycles. The van der Waals surface area contributed by atoms with Gasteiger partial charge in [-0.2, -0.15) is 0 Å². The Morgan fingerprint density at radius 3 is 2.88 bits per heavy atom. The Morgan fingerprint density at radius 2 is 2.25 bits per heavy atom. The minimum absolute atomic E-state index is 0.261. The van der Waals surface area contributed by atoms with Crippen molar-refractivity contribution in [2.24, 2.45) is 0 Å². The van der Waals surface area contributed by atoms with Crippen LogP contribution < -0.4 is 5.32 Å². The van der Waals surface area contributed by atoms with Crippen LogP contribution in [0.3, 0.4) is 0 Å². The standard InChI is InChI=1S/C12H18FNO2/c1-3-16-8-10(15)7-14-12-5-4-9(2)6-11(12)13/h4-6,10,14-15H,3,7-8H2,1-2H3. The topological polar surface area (TPSA) is 41.5 Å². The maximum Gasteiger partial charge on any atom is 0.146 e. The molecule has 1 unspecified atom stereocenters. The van der Waals surface area contributed by atoms with E-state index in [-0.39, 0.29) is 19.0 Å².